The van der Waals surface area contributed by atoms with Crippen LogP contribution in [0.1, 0.15) is 53.2 Å². The lowest BCUT2D eigenvalue weighted by Gasteiger charge is -2.38. The van der Waals surface area contributed by atoms with Crippen LogP contribution in [-0.2, 0) is 4.74 Å². The SMILES string of the molecule is CCCOC(=O)c1ccc2c(c1)C1C=CCC1C(c1ccccc1Cl)N2. The Kier molecular flexibility index (Phi) is 4.73. The highest BCUT2D eigenvalue weighted by atomic mass is 35.5. The molecule has 1 heterocycles. The highest BCUT2D eigenvalue weighted by molar-refractivity contribution is 6.31. The fourth-order valence-electron chi connectivity index (χ4n) is 4.03. The van der Waals surface area contributed by atoms with Gasteiger partial charge in [-0.25, -0.2) is 4.79 Å². The monoisotopic (exact) mass is 367 g/mol. The summed E-state index contributed by atoms with van der Waals surface area (Å²) < 4.78 is 5.29. The summed E-state index contributed by atoms with van der Waals surface area (Å²) in [7, 11) is 0. The number of esters is 1. The highest BCUT2D eigenvalue weighted by Gasteiger charge is 2.38. The number of allylic oxidation sites excluding steroid dienone is 2. The van der Waals surface area contributed by atoms with Crippen LogP contribution in [0.4, 0.5) is 5.69 Å². The van der Waals surface area contributed by atoms with E-state index in [1.807, 2.05) is 43.3 Å². The van der Waals surface area contributed by atoms with Gasteiger partial charge in [0.1, 0.15) is 0 Å². The standard InChI is InChI=1S/C22H22ClNO2/c1-2-12-26-22(25)14-10-11-20-18(13-14)15-7-5-8-16(15)21(24-20)17-6-3-4-9-19(17)23/h3-7,9-11,13,15-16,21,24H,2,8,12H2,1H3. The van der Waals surface area contributed by atoms with Gasteiger partial charge < -0.3 is 10.1 Å². The van der Waals surface area contributed by atoms with E-state index >= 15 is 0 Å². The minimum atomic E-state index is -0.249. The quantitative estimate of drug-likeness (QED) is 0.553. The average Bonchev–Trinajstić information content (AvgIpc) is 3.16. The van der Waals surface area contributed by atoms with Crippen molar-refractivity contribution < 1.29 is 9.53 Å². The molecule has 0 radical (unpaired) electrons. The van der Waals surface area contributed by atoms with Crippen LogP contribution >= 0.6 is 11.6 Å². The third kappa shape index (κ3) is 3.01. The smallest absolute Gasteiger partial charge is 0.338 e. The highest BCUT2D eigenvalue weighted by Crippen LogP contribution is 2.50. The van der Waals surface area contributed by atoms with Crippen LogP contribution in [0.25, 0.3) is 0 Å². The van der Waals surface area contributed by atoms with Gasteiger partial charge in [0.15, 0.2) is 0 Å². The molecule has 1 aliphatic heterocycles. The predicted octanol–water partition coefficient (Wildman–Crippen LogP) is 5.73. The molecule has 26 heavy (non-hydrogen) atoms. The van der Waals surface area contributed by atoms with Crippen LogP contribution in [0.3, 0.4) is 0 Å². The fraction of sp³-hybridized carbons (Fsp3) is 0.318. The van der Waals surface area contributed by atoms with Gasteiger partial charge in [-0.2, -0.15) is 0 Å². The Hall–Kier alpha value is -2.26. The Morgan fingerprint density at radius 3 is 2.88 bits per heavy atom. The maximum absolute atomic E-state index is 12.2. The van der Waals surface area contributed by atoms with E-state index in [1.165, 1.54) is 0 Å². The van der Waals surface area contributed by atoms with E-state index in [9.17, 15) is 4.79 Å². The van der Waals surface area contributed by atoms with Crippen LogP contribution in [0.15, 0.2) is 54.6 Å². The van der Waals surface area contributed by atoms with Crippen molar-refractivity contribution in [3.8, 4) is 0 Å². The van der Waals surface area contributed by atoms with Gasteiger partial charge >= 0.3 is 5.97 Å². The van der Waals surface area contributed by atoms with E-state index in [0.29, 0.717) is 18.1 Å². The molecule has 2 aromatic rings. The number of carbonyl (C=O) groups excluding carboxylic acids is 1. The summed E-state index contributed by atoms with van der Waals surface area (Å²) in [4.78, 5) is 12.2. The molecule has 1 N–H and O–H groups in total. The second kappa shape index (κ2) is 7.16. The topological polar surface area (TPSA) is 38.3 Å². The van der Waals surface area contributed by atoms with E-state index < -0.39 is 0 Å². The largest absolute Gasteiger partial charge is 0.462 e. The van der Waals surface area contributed by atoms with Crippen LogP contribution < -0.4 is 5.32 Å². The summed E-state index contributed by atoms with van der Waals surface area (Å²) >= 11 is 6.47. The van der Waals surface area contributed by atoms with Crippen LogP contribution in [0.5, 0.6) is 0 Å². The van der Waals surface area contributed by atoms with Crippen LogP contribution in [0.2, 0.25) is 5.02 Å². The van der Waals surface area contributed by atoms with Crippen molar-refractivity contribution in [3.63, 3.8) is 0 Å². The first-order chi connectivity index (χ1) is 12.7. The molecule has 2 aromatic carbocycles. The van der Waals surface area contributed by atoms with Crippen molar-refractivity contribution in [3.05, 3.63) is 76.3 Å². The van der Waals surface area contributed by atoms with Crippen molar-refractivity contribution in [2.75, 3.05) is 11.9 Å². The number of carbonyl (C=O) groups is 1. The number of hydrogen-bond donors (Lipinski definition) is 1. The second-order valence-corrected chi connectivity index (χ2v) is 7.34. The molecule has 134 valence electrons. The Bertz CT molecular complexity index is 861. The summed E-state index contributed by atoms with van der Waals surface area (Å²) in [5.74, 6) is 0.428. The number of fused-ring (bicyclic) bond motifs is 3. The van der Waals surface area contributed by atoms with E-state index in [-0.39, 0.29) is 17.9 Å². The molecule has 4 rings (SSSR count). The number of anilines is 1. The summed E-state index contributed by atoms with van der Waals surface area (Å²) in [5.41, 5.74) is 3.98. The molecule has 0 spiro atoms. The summed E-state index contributed by atoms with van der Waals surface area (Å²) in [6, 6.07) is 14.0. The zero-order valence-electron chi connectivity index (χ0n) is 14.7. The number of ether oxygens (including phenoxy) is 1. The van der Waals surface area contributed by atoms with Gasteiger partial charge in [-0.1, -0.05) is 48.9 Å². The van der Waals surface area contributed by atoms with Crippen LogP contribution in [-0.4, -0.2) is 12.6 Å². The van der Waals surface area contributed by atoms with Gasteiger partial charge in [0.25, 0.3) is 0 Å². The number of nitrogens with one attached hydrogen (secondary N) is 1. The lowest BCUT2D eigenvalue weighted by Crippen LogP contribution is -2.29. The third-order valence-corrected chi connectivity index (χ3v) is 5.62. The van der Waals surface area contributed by atoms with Crippen molar-refractivity contribution in [1.82, 2.24) is 0 Å². The molecule has 0 amide bonds. The van der Waals surface area contributed by atoms with E-state index in [1.54, 1.807) is 0 Å². The van der Waals surface area contributed by atoms with Crippen molar-refractivity contribution >= 4 is 23.3 Å². The molecule has 3 atom stereocenters. The molecule has 0 saturated heterocycles. The van der Waals surface area contributed by atoms with Crippen molar-refractivity contribution in [2.24, 2.45) is 5.92 Å². The molecule has 1 aliphatic carbocycles. The first-order valence-corrected chi connectivity index (χ1v) is 9.55. The van der Waals surface area contributed by atoms with Gasteiger partial charge in [-0.3, -0.25) is 0 Å². The lowest BCUT2D eigenvalue weighted by atomic mass is 9.76. The van der Waals surface area contributed by atoms with Gasteiger partial charge in [0, 0.05) is 16.6 Å². The summed E-state index contributed by atoms with van der Waals surface area (Å²) in [5, 5.41) is 4.45. The van der Waals surface area contributed by atoms with Gasteiger partial charge in [-0.05, 0) is 54.2 Å². The molecule has 0 bridgehead atoms. The summed E-state index contributed by atoms with van der Waals surface area (Å²) in [6.45, 7) is 2.45. The molecule has 2 aliphatic rings. The minimum absolute atomic E-state index is 0.161. The predicted molar refractivity (Wildman–Crippen MR) is 105 cm³/mol. The zero-order valence-corrected chi connectivity index (χ0v) is 15.5. The first kappa shape index (κ1) is 17.2. The minimum Gasteiger partial charge on any atom is -0.462 e. The maximum Gasteiger partial charge on any atom is 0.338 e. The van der Waals surface area contributed by atoms with Crippen molar-refractivity contribution in [1.29, 1.82) is 0 Å². The molecule has 0 fully saturated rings. The number of halogens is 1. The molecule has 4 heteroatoms. The van der Waals surface area contributed by atoms with Crippen molar-refractivity contribution in [2.45, 2.75) is 31.7 Å². The number of benzene rings is 2. The Morgan fingerprint density at radius 1 is 1.23 bits per heavy atom. The molecule has 0 aromatic heterocycles. The zero-order chi connectivity index (χ0) is 18.1. The van der Waals surface area contributed by atoms with E-state index in [4.69, 9.17) is 16.3 Å². The van der Waals surface area contributed by atoms with Gasteiger partial charge in [-0.15, -0.1) is 0 Å². The Morgan fingerprint density at radius 2 is 2.08 bits per heavy atom. The van der Waals surface area contributed by atoms with Gasteiger partial charge in [0.2, 0.25) is 0 Å². The Balaban J connectivity index is 1.69. The molecule has 3 nitrogen and oxygen atoms in total. The third-order valence-electron chi connectivity index (χ3n) is 5.28. The average molecular weight is 368 g/mol. The first-order valence-electron chi connectivity index (χ1n) is 9.17. The Labute approximate surface area is 159 Å². The number of hydrogen-bond acceptors (Lipinski definition) is 3. The van der Waals surface area contributed by atoms with E-state index in [0.717, 1.165) is 34.7 Å². The molecular weight excluding hydrogens is 346 g/mol. The molecule has 0 saturated carbocycles. The lowest BCUT2D eigenvalue weighted by molar-refractivity contribution is 0.0505. The van der Waals surface area contributed by atoms with Gasteiger partial charge in [0.05, 0.1) is 18.2 Å². The maximum atomic E-state index is 12.2. The summed E-state index contributed by atoms with van der Waals surface area (Å²) in [6.07, 6.45) is 6.32. The fourth-order valence-corrected chi connectivity index (χ4v) is 4.29. The van der Waals surface area contributed by atoms with E-state index in [2.05, 4.69) is 23.5 Å². The normalized spacial score (nSPS) is 23.1. The van der Waals surface area contributed by atoms with Crippen LogP contribution in [0, 0.1) is 5.92 Å². The molecule has 3 unspecified atom stereocenters. The molecular formula is C22H22ClNO2. The second-order valence-electron chi connectivity index (χ2n) is 6.93. The number of rotatable bonds is 4.